The van der Waals surface area contributed by atoms with Crippen LogP contribution in [0.4, 0.5) is 0 Å². The van der Waals surface area contributed by atoms with Crippen LogP contribution in [0.3, 0.4) is 0 Å². The van der Waals surface area contributed by atoms with Crippen molar-refractivity contribution in [3.63, 3.8) is 0 Å². The average Bonchev–Trinajstić information content (AvgIpc) is 2.25. The minimum absolute atomic E-state index is 0.946. The molecule has 1 heterocycles. The molecule has 0 saturated heterocycles. The third kappa shape index (κ3) is 1.22. The zero-order valence-electron chi connectivity index (χ0n) is 6.51. The normalized spacial score (nSPS) is 14.2. The van der Waals surface area contributed by atoms with E-state index in [9.17, 15) is 0 Å². The van der Waals surface area contributed by atoms with Crippen LogP contribution in [0.25, 0.3) is 6.20 Å². The summed E-state index contributed by atoms with van der Waals surface area (Å²) in [5.74, 6) is 5.58. The molecule has 3 nitrogen and oxygen atoms in total. The van der Waals surface area contributed by atoms with Crippen LogP contribution in [0.5, 0.6) is 0 Å². The predicted molar refractivity (Wildman–Crippen MR) is 46.9 cm³/mol. The van der Waals surface area contributed by atoms with Crippen LogP contribution in [0.15, 0.2) is 41.7 Å². The Kier molecular flexibility index (Phi) is 1.64. The van der Waals surface area contributed by atoms with Crippen LogP contribution in [-0.2, 0) is 0 Å². The quantitative estimate of drug-likeness (QED) is 0.528. The molecule has 1 aromatic carbocycles. The highest BCUT2D eigenvalue weighted by Crippen LogP contribution is 1.84. The van der Waals surface area contributed by atoms with E-state index >= 15 is 0 Å². The lowest BCUT2D eigenvalue weighted by atomic mass is 10.3. The molecule has 0 aromatic heterocycles. The Morgan fingerprint density at radius 2 is 2.08 bits per heavy atom. The van der Waals surface area contributed by atoms with Crippen molar-refractivity contribution in [2.75, 3.05) is 0 Å². The van der Waals surface area contributed by atoms with Gasteiger partial charge in [0.15, 0.2) is 0 Å². The molecule has 1 aliphatic heterocycles. The molecule has 12 heavy (non-hydrogen) atoms. The first kappa shape index (κ1) is 7.06. The molecule has 0 fully saturated rings. The molecule has 0 unspecified atom stereocenters. The van der Waals surface area contributed by atoms with Crippen molar-refractivity contribution in [3.05, 3.63) is 47.2 Å². The molecule has 1 aliphatic rings. The smallest absolute Gasteiger partial charge is 0.0717 e. The molecule has 3 heteroatoms. The lowest BCUT2D eigenvalue weighted by molar-refractivity contribution is 0.588. The third-order valence-electron chi connectivity index (χ3n) is 1.68. The molecule has 0 saturated carbocycles. The van der Waals surface area contributed by atoms with Gasteiger partial charge in [-0.05, 0) is 6.07 Å². The van der Waals surface area contributed by atoms with Crippen molar-refractivity contribution in [3.8, 4) is 0 Å². The molecule has 0 atom stereocenters. The second-order valence-electron chi connectivity index (χ2n) is 2.56. The maximum Gasteiger partial charge on any atom is 0.0717 e. The number of hydrazine groups is 1. The van der Waals surface area contributed by atoms with Crippen molar-refractivity contribution in [2.24, 2.45) is 10.8 Å². The first-order valence-corrected chi connectivity index (χ1v) is 3.71. The third-order valence-corrected chi connectivity index (χ3v) is 1.68. The lowest BCUT2D eigenvalue weighted by Crippen LogP contribution is -2.28. The van der Waals surface area contributed by atoms with E-state index in [0.717, 1.165) is 10.6 Å². The van der Waals surface area contributed by atoms with Crippen molar-refractivity contribution in [1.82, 2.24) is 5.01 Å². The molecule has 60 valence electrons. The van der Waals surface area contributed by atoms with E-state index in [1.54, 1.807) is 12.4 Å². The summed E-state index contributed by atoms with van der Waals surface area (Å²) < 4.78 is 0. The van der Waals surface area contributed by atoms with Crippen LogP contribution < -0.4 is 16.4 Å². The van der Waals surface area contributed by atoms with E-state index in [1.165, 1.54) is 5.01 Å². The van der Waals surface area contributed by atoms with Gasteiger partial charge in [-0.25, -0.2) is 5.84 Å². The number of benzene rings is 1. The summed E-state index contributed by atoms with van der Waals surface area (Å²) in [7, 11) is 0. The number of rotatable bonds is 0. The van der Waals surface area contributed by atoms with Gasteiger partial charge in [-0.1, -0.05) is 18.2 Å². The standard InChI is InChI=1S/C9H9N3/c10-12-6-5-11-9-4-2-1-3-8(9)7-12/h1-7H,10H2. The maximum atomic E-state index is 5.58. The number of nitrogens with two attached hydrogens (primary N) is 1. The van der Waals surface area contributed by atoms with Gasteiger partial charge in [0.2, 0.25) is 0 Å². The zero-order valence-corrected chi connectivity index (χ0v) is 6.51. The Balaban J connectivity index is 2.75. The summed E-state index contributed by atoms with van der Waals surface area (Å²) in [6.45, 7) is 0. The van der Waals surface area contributed by atoms with Crippen molar-refractivity contribution < 1.29 is 0 Å². The molecular weight excluding hydrogens is 150 g/mol. The van der Waals surface area contributed by atoms with Gasteiger partial charge in [-0.2, -0.15) is 0 Å². The Morgan fingerprint density at radius 3 is 3.00 bits per heavy atom. The minimum atomic E-state index is 0.946. The van der Waals surface area contributed by atoms with Gasteiger partial charge in [-0.3, -0.25) is 10.0 Å². The van der Waals surface area contributed by atoms with Crippen LogP contribution >= 0.6 is 0 Å². The summed E-state index contributed by atoms with van der Waals surface area (Å²) in [6.07, 6.45) is 5.23. The molecule has 0 amide bonds. The molecular formula is C9H9N3. The van der Waals surface area contributed by atoms with Crippen LogP contribution in [0.1, 0.15) is 0 Å². The number of fused-ring (bicyclic) bond motifs is 1. The molecule has 0 radical (unpaired) electrons. The van der Waals surface area contributed by atoms with Gasteiger partial charge in [0, 0.05) is 23.8 Å². The fourth-order valence-corrected chi connectivity index (χ4v) is 1.11. The summed E-state index contributed by atoms with van der Waals surface area (Å²) >= 11 is 0. The van der Waals surface area contributed by atoms with Gasteiger partial charge < -0.3 is 0 Å². The fourth-order valence-electron chi connectivity index (χ4n) is 1.11. The SMILES string of the molecule is NN1C=CN=c2ccccc2=C1. The Labute approximate surface area is 70.1 Å². The number of nitrogens with zero attached hydrogens (tertiary/aromatic N) is 2. The topological polar surface area (TPSA) is 41.6 Å². The summed E-state index contributed by atoms with van der Waals surface area (Å²) in [5, 5.41) is 3.47. The van der Waals surface area contributed by atoms with E-state index in [-0.39, 0.29) is 0 Å². The Morgan fingerprint density at radius 1 is 1.25 bits per heavy atom. The van der Waals surface area contributed by atoms with E-state index in [4.69, 9.17) is 5.84 Å². The zero-order chi connectivity index (χ0) is 8.39. The fraction of sp³-hybridized carbons (Fsp3) is 0. The first-order chi connectivity index (χ1) is 5.86. The van der Waals surface area contributed by atoms with Crippen molar-refractivity contribution >= 4 is 6.20 Å². The van der Waals surface area contributed by atoms with E-state index < -0.39 is 0 Å². The van der Waals surface area contributed by atoms with Gasteiger partial charge in [0.1, 0.15) is 0 Å². The van der Waals surface area contributed by atoms with E-state index in [1.807, 2.05) is 30.5 Å². The van der Waals surface area contributed by atoms with Gasteiger partial charge in [0.25, 0.3) is 0 Å². The van der Waals surface area contributed by atoms with E-state index in [0.29, 0.717) is 0 Å². The summed E-state index contributed by atoms with van der Waals surface area (Å²) in [6, 6.07) is 7.85. The molecule has 2 rings (SSSR count). The lowest BCUT2D eigenvalue weighted by Gasteiger charge is -2.02. The largest absolute Gasteiger partial charge is 0.292 e. The second kappa shape index (κ2) is 2.79. The number of hydrogen-bond acceptors (Lipinski definition) is 3. The molecule has 0 bridgehead atoms. The highest BCUT2D eigenvalue weighted by molar-refractivity contribution is 5.24. The second-order valence-corrected chi connectivity index (χ2v) is 2.56. The monoisotopic (exact) mass is 159 g/mol. The van der Waals surface area contributed by atoms with Crippen LogP contribution in [0.2, 0.25) is 0 Å². The van der Waals surface area contributed by atoms with E-state index in [2.05, 4.69) is 4.99 Å². The Bertz CT molecular complexity index is 420. The van der Waals surface area contributed by atoms with Gasteiger partial charge in [-0.15, -0.1) is 0 Å². The predicted octanol–water partition coefficient (Wildman–Crippen LogP) is -0.295. The average molecular weight is 159 g/mol. The molecule has 0 aliphatic carbocycles. The highest BCUT2D eigenvalue weighted by atomic mass is 15.4. The molecule has 1 aromatic rings. The molecule has 2 N–H and O–H groups in total. The summed E-state index contributed by atoms with van der Waals surface area (Å²) in [4.78, 5) is 4.20. The van der Waals surface area contributed by atoms with Crippen molar-refractivity contribution in [1.29, 1.82) is 0 Å². The van der Waals surface area contributed by atoms with Crippen LogP contribution in [0, 0.1) is 0 Å². The number of hydrogen-bond donors (Lipinski definition) is 1. The summed E-state index contributed by atoms with van der Waals surface area (Å²) in [5.41, 5.74) is 0. The number of para-hydroxylation sites is 1. The Hall–Kier alpha value is -1.61. The minimum Gasteiger partial charge on any atom is -0.292 e. The van der Waals surface area contributed by atoms with Crippen LogP contribution in [-0.4, -0.2) is 5.01 Å². The molecule has 0 spiro atoms. The maximum absolute atomic E-state index is 5.58. The van der Waals surface area contributed by atoms with Gasteiger partial charge >= 0.3 is 0 Å². The first-order valence-electron chi connectivity index (χ1n) is 3.71. The van der Waals surface area contributed by atoms with Crippen molar-refractivity contribution in [2.45, 2.75) is 0 Å². The highest BCUT2D eigenvalue weighted by Gasteiger charge is 1.90. The van der Waals surface area contributed by atoms with Gasteiger partial charge in [0.05, 0.1) is 5.36 Å².